The molecule has 0 aliphatic carbocycles. The van der Waals surface area contributed by atoms with Crippen LogP contribution >= 0.6 is 24.8 Å². The molecule has 4 rings (SSSR count). The number of aromatic nitrogens is 1. The van der Waals surface area contributed by atoms with Gasteiger partial charge in [-0.2, -0.15) is 0 Å². The number of benzene rings is 2. The largest absolute Gasteiger partial charge is 0.364 e. The normalized spacial score (nSPS) is 13.8. The third-order valence-corrected chi connectivity index (χ3v) is 6.48. The first kappa shape index (κ1) is 26.2. The minimum absolute atomic E-state index is 0. The van der Waals surface area contributed by atoms with E-state index in [9.17, 15) is 0 Å². The Hall–Kier alpha value is -2.07. The highest BCUT2D eigenvalue weighted by Gasteiger charge is 2.22. The van der Waals surface area contributed by atoms with Crippen molar-refractivity contribution in [2.75, 3.05) is 18.0 Å². The fourth-order valence-corrected chi connectivity index (χ4v) is 4.47. The smallest absolute Gasteiger partial charge is 0.0705 e. The van der Waals surface area contributed by atoms with Crippen LogP contribution < -0.4 is 10.2 Å². The van der Waals surface area contributed by atoms with Crippen molar-refractivity contribution in [2.24, 2.45) is 0 Å². The van der Waals surface area contributed by atoms with Gasteiger partial charge in [0.2, 0.25) is 0 Å². The van der Waals surface area contributed by atoms with Gasteiger partial charge in [-0.3, -0.25) is 4.98 Å². The van der Waals surface area contributed by atoms with E-state index >= 15 is 0 Å². The number of pyridine rings is 1. The van der Waals surface area contributed by atoms with Gasteiger partial charge in [0.1, 0.15) is 0 Å². The Bertz CT molecular complexity index is 1010. The molecule has 0 spiro atoms. The van der Waals surface area contributed by atoms with Crippen molar-refractivity contribution in [2.45, 2.75) is 53.1 Å². The summed E-state index contributed by atoms with van der Waals surface area (Å²) in [5, 5.41) is 3.51. The monoisotopic (exact) mass is 471 g/mol. The molecule has 0 amide bonds. The molecule has 1 N–H and O–H groups in total. The lowest BCUT2D eigenvalue weighted by Gasteiger charge is -2.37. The van der Waals surface area contributed by atoms with Gasteiger partial charge in [0.05, 0.1) is 5.69 Å². The van der Waals surface area contributed by atoms with E-state index in [0.29, 0.717) is 6.04 Å². The molecule has 32 heavy (non-hydrogen) atoms. The number of hydrogen-bond acceptors (Lipinski definition) is 3. The molecule has 2 heterocycles. The molecule has 1 fully saturated rings. The van der Waals surface area contributed by atoms with Crippen LogP contribution in [0, 0.1) is 27.7 Å². The highest BCUT2D eigenvalue weighted by molar-refractivity contribution is 5.85. The van der Waals surface area contributed by atoms with Crippen LogP contribution in [-0.4, -0.2) is 24.1 Å². The molecule has 0 bridgehead atoms. The van der Waals surface area contributed by atoms with Gasteiger partial charge in [0.15, 0.2) is 0 Å². The minimum atomic E-state index is 0. The topological polar surface area (TPSA) is 28.2 Å². The van der Waals surface area contributed by atoms with E-state index in [4.69, 9.17) is 4.98 Å². The van der Waals surface area contributed by atoms with Crippen molar-refractivity contribution in [3.05, 3.63) is 82.5 Å². The number of nitrogens with one attached hydrogen (secondary N) is 1. The molecule has 0 radical (unpaired) electrons. The Kier molecular flexibility index (Phi) is 9.57. The molecule has 3 nitrogen and oxygen atoms in total. The van der Waals surface area contributed by atoms with Crippen LogP contribution in [0.2, 0.25) is 0 Å². The third kappa shape index (κ3) is 6.04. The molecule has 2 aromatic carbocycles. The Balaban J connectivity index is 0.00000181. The lowest BCUT2D eigenvalue weighted by molar-refractivity contribution is 0.428. The van der Waals surface area contributed by atoms with Crippen molar-refractivity contribution in [1.82, 2.24) is 10.3 Å². The average Bonchev–Trinajstić information content (AvgIpc) is 2.76. The summed E-state index contributed by atoms with van der Waals surface area (Å²) in [6, 6.07) is 18.5. The van der Waals surface area contributed by atoms with Gasteiger partial charge >= 0.3 is 0 Å². The molecule has 1 aliphatic rings. The van der Waals surface area contributed by atoms with Gasteiger partial charge in [-0.05, 0) is 118 Å². The van der Waals surface area contributed by atoms with Crippen LogP contribution in [0.25, 0.3) is 11.3 Å². The predicted molar refractivity (Wildman–Crippen MR) is 142 cm³/mol. The Morgan fingerprint density at radius 1 is 0.906 bits per heavy atom. The Morgan fingerprint density at radius 2 is 1.59 bits per heavy atom. The Labute approximate surface area is 205 Å². The second kappa shape index (κ2) is 11.7. The van der Waals surface area contributed by atoms with Crippen molar-refractivity contribution in [3.8, 4) is 11.3 Å². The fraction of sp³-hybridized carbons (Fsp3) is 0.370. The van der Waals surface area contributed by atoms with E-state index in [-0.39, 0.29) is 24.8 Å². The molecule has 5 heteroatoms. The predicted octanol–water partition coefficient (Wildman–Crippen LogP) is 6.58. The molecular formula is C27H35Cl2N3. The molecular weight excluding hydrogens is 437 g/mol. The summed E-state index contributed by atoms with van der Waals surface area (Å²) in [7, 11) is 0. The van der Waals surface area contributed by atoms with Crippen molar-refractivity contribution < 1.29 is 0 Å². The number of nitrogens with zero attached hydrogens (tertiary/aromatic N) is 2. The SMILES string of the molecule is Cc1cccc(N(Cc2ccnc(-c3cc(C)c(C)c(C)c3)c2)C2CCNCC2)c1.Cl.Cl. The van der Waals surface area contributed by atoms with Crippen LogP contribution in [0.1, 0.15) is 40.7 Å². The number of halogens is 2. The van der Waals surface area contributed by atoms with Crippen LogP contribution in [0.15, 0.2) is 54.7 Å². The highest BCUT2D eigenvalue weighted by atomic mass is 35.5. The van der Waals surface area contributed by atoms with Crippen molar-refractivity contribution >= 4 is 30.5 Å². The van der Waals surface area contributed by atoms with Gasteiger partial charge in [0, 0.05) is 30.0 Å². The van der Waals surface area contributed by atoms with E-state index in [1.165, 1.54) is 51.9 Å². The summed E-state index contributed by atoms with van der Waals surface area (Å²) in [5.41, 5.74) is 10.2. The van der Waals surface area contributed by atoms with E-state index in [0.717, 1.165) is 25.3 Å². The molecule has 0 atom stereocenters. The summed E-state index contributed by atoms with van der Waals surface area (Å²) < 4.78 is 0. The molecule has 0 saturated carbocycles. The van der Waals surface area contributed by atoms with E-state index in [1.54, 1.807) is 0 Å². The van der Waals surface area contributed by atoms with Gasteiger partial charge in [-0.1, -0.05) is 12.1 Å². The quantitative estimate of drug-likeness (QED) is 0.454. The zero-order valence-electron chi connectivity index (χ0n) is 19.5. The summed E-state index contributed by atoms with van der Waals surface area (Å²) >= 11 is 0. The molecule has 0 unspecified atom stereocenters. The Morgan fingerprint density at radius 3 is 2.25 bits per heavy atom. The summed E-state index contributed by atoms with van der Waals surface area (Å²) in [4.78, 5) is 7.30. The highest BCUT2D eigenvalue weighted by Crippen LogP contribution is 2.28. The van der Waals surface area contributed by atoms with Crippen LogP contribution in [0.4, 0.5) is 5.69 Å². The van der Waals surface area contributed by atoms with Crippen LogP contribution in [0.3, 0.4) is 0 Å². The first-order valence-corrected chi connectivity index (χ1v) is 11.1. The molecule has 1 aliphatic heterocycles. The number of hydrogen-bond donors (Lipinski definition) is 1. The van der Waals surface area contributed by atoms with E-state index < -0.39 is 0 Å². The summed E-state index contributed by atoms with van der Waals surface area (Å²) in [6.45, 7) is 11.8. The first-order valence-electron chi connectivity index (χ1n) is 11.1. The number of rotatable bonds is 5. The van der Waals surface area contributed by atoms with E-state index in [2.05, 4.69) is 86.4 Å². The van der Waals surface area contributed by atoms with Crippen molar-refractivity contribution in [1.29, 1.82) is 0 Å². The zero-order chi connectivity index (χ0) is 21.1. The zero-order valence-corrected chi connectivity index (χ0v) is 21.2. The molecule has 172 valence electrons. The first-order chi connectivity index (χ1) is 14.5. The van der Waals surface area contributed by atoms with Gasteiger partial charge in [-0.25, -0.2) is 0 Å². The maximum absolute atomic E-state index is 4.70. The minimum Gasteiger partial charge on any atom is -0.364 e. The van der Waals surface area contributed by atoms with Crippen LogP contribution in [-0.2, 0) is 6.54 Å². The fourth-order valence-electron chi connectivity index (χ4n) is 4.47. The summed E-state index contributed by atoms with van der Waals surface area (Å²) in [5.74, 6) is 0. The van der Waals surface area contributed by atoms with E-state index in [1.807, 2.05) is 6.20 Å². The second-order valence-electron chi connectivity index (χ2n) is 8.73. The van der Waals surface area contributed by atoms with Gasteiger partial charge in [-0.15, -0.1) is 24.8 Å². The van der Waals surface area contributed by atoms with Gasteiger partial charge < -0.3 is 10.2 Å². The maximum Gasteiger partial charge on any atom is 0.0705 e. The third-order valence-electron chi connectivity index (χ3n) is 6.48. The van der Waals surface area contributed by atoms with Crippen LogP contribution in [0.5, 0.6) is 0 Å². The lowest BCUT2D eigenvalue weighted by atomic mass is 9.98. The maximum atomic E-state index is 4.70. The molecule has 1 aromatic heterocycles. The second-order valence-corrected chi connectivity index (χ2v) is 8.73. The lowest BCUT2D eigenvalue weighted by Crippen LogP contribution is -2.43. The number of anilines is 1. The number of piperidine rings is 1. The van der Waals surface area contributed by atoms with Crippen molar-refractivity contribution in [3.63, 3.8) is 0 Å². The molecule has 3 aromatic rings. The number of aryl methyl sites for hydroxylation is 3. The molecule has 1 saturated heterocycles. The average molecular weight is 473 g/mol. The van der Waals surface area contributed by atoms with Gasteiger partial charge in [0.25, 0.3) is 0 Å². The summed E-state index contributed by atoms with van der Waals surface area (Å²) in [6.07, 6.45) is 4.33. The standard InChI is InChI=1S/C27H33N3.2ClH/c1-19-6-5-7-26(14-19)30(25-9-11-28-12-10-25)18-23-8-13-29-27(17-23)24-15-20(2)22(4)21(3)16-24;;/h5-8,13-17,25,28H,9-12,18H2,1-4H3;2*1H.